The van der Waals surface area contributed by atoms with Gasteiger partial charge in [0.05, 0.1) is 12.2 Å². The molecule has 0 radical (unpaired) electrons. The molecule has 1 aromatic rings. The molecule has 0 saturated heterocycles. The van der Waals surface area contributed by atoms with E-state index in [9.17, 15) is 14.4 Å². The summed E-state index contributed by atoms with van der Waals surface area (Å²) in [6, 6.07) is 5.82. The molecular weight excluding hydrogens is 248 g/mol. The van der Waals surface area contributed by atoms with Crippen LogP contribution in [0.25, 0.3) is 0 Å². The average Bonchev–Trinajstić information content (AvgIpc) is 2.37. The number of carbonyl (C=O) groups is 3. The Morgan fingerprint density at radius 1 is 1.11 bits per heavy atom. The van der Waals surface area contributed by atoms with Gasteiger partial charge in [0.1, 0.15) is 0 Å². The molecule has 1 aromatic carbocycles. The van der Waals surface area contributed by atoms with Crippen LogP contribution in [-0.4, -0.2) is 24.3 Å². The minimum absolute atomic E-state index is 0.253. The van der Waals surface area contributed by atoms with Crippen molar-refractivity contribution in [1.29, 1.82) is 0 Å². The van der Waals surface area contributed by atoms with E-state index in [1.165, 1.54) is 31.2 Å². The molecule has 100 valence electrons. The van der Waals surface area contributed by atoms with Crippen LogP contribution in [0, 0.1) is 0 Å². The lowest BCUT2D eigenvalue weighted by molar-refractivity contribution is -0.136. The molecule has 1 rings (SSSR count). The first-order valence-corrected chi connectivity index (χ1v) is 5.65. The molecule has 0 atom stereocenters. The Bertz CT molecular complexity index is 513. The van der Waals surface area contributed by atoms with Crippen molar-refractivity contribution in [3.63, 3.8) is 0 Å². The van der Waals surface area contributed by atoms with Crippen LogP contribution in [0.3, 0.4) is 0 Å². The van der Waals surface area contributed by atoms with E-state index in [1.54, 1.807) is 6.92 Å². The van der Waals surface area contributed by atoms with Crippen LogP contribution in [0.2, 0.25) is 0 Å². The maximum Gasteiger partial charge on any atom is 0.338 e. The SMILES string of the molecule is C=C(OC(C)=O)C(=O)c1ccc(C(=O)OCC)cc1. The van der Waals surface area contributed by atoms with Gasteiger partial charge in [-0.3, -0.25) is 9.59 Å². The lowest BCUT2D eigenvalue weighted by Gasteiger charge is -2.05. The first-order chi connectivity index (χ1) is 8.95. The second-order valence-corrected chi connectivity index (χ2v) is 3.64. The molecule has 0 fully saturated rings. The number of hydrogen-bond donors (Lipinski definition) is 0. The Morgan fingerprint density at radius 3 is 2.11 bits per heavy atom. The summed E-state index contributed by atoms with van der Waals surface area (Å²) >= 11 is 0. The molecule has 0 spiro atoms. The first-order valence-electron chi connectivity index (χ1n) is 5.65. The number of benzene rings is 1. The predicted molar refractivity (Wildman–Crippen MR) is 67.6 cm³/mol. The molecule has 0 bridgehead atoms. The highest BCUT2D eigenvalue weighted by molar-refractivity contribution is 6.08. The molecule has 0 aromatic heterocycles. The summed E-state index contributed by atoms with van der Waals surface area (Å²) in [6.45, 7) is 6.54. The van der Waals surface area contributed by atoms with Crippen molar-refractivity contribution in [3.05, 3.63) is 47.7 Å². The van der Waals surface area contributed by atoms with Crippen LogP contribution in [0.15, 0.2) is 36.6 Å². The highest BCUT2D eigenvalue weighted by Gasteiger charge is 2.14. The van der Waals surface area contributed by atoms with Crippen molar-refractivity contribution < 1.29 is 23.9 Å². The lowest BCUT2D eigenvalue weighted by Crippen LogP contribution is -2.10. The molecule has 0 aliphatic rings. The van der Waals surface area contributed by atoms with Gasteiger partial charge in [0, 0.05) is 12.5 Å². The normalized spacial score (nSPS) is 9.58. The van der Waals surface area contributed by atoms with Gasteiger partial charge >= 0.3 is 11.9 Å². The second kappa shape index (κ2) is 6.49. The number of hydrogen-bond acceptors (Lipinski definition) is 5. The summed E-state index contributed by atoms with van der Waals surface area (Å²) in [4.78, 5) is 33.9. The Kier molecular flexibility index (Phi) is 5.00. The van der Waals surface area contributed by atoms with Crippen molar-refractivity contribution in [3.8, 4) is 0 Å². The van der Waals surface area contributed by atoms with Crippen LogP contribution in [-0.2, 0) is 14.3 Å². The zero-order valence-electron chi connectivity index (χ0n) is 10.8. The number of rotatable bonds is 5. The maximum atomic E-state index is 11.8. The van der Waals surface area contributed by atoms with E-state index in [2.05, 4.69) is 11.3 Å². The quantitative estimate of drug-likeness (QED) is 0.352. The number of Topliss-reactive ketones (excluding diaryl/α,β-unsaturated/α-hetero) is 1. The van der Waals surface area contributed by atoms with E-state index < -0.39 is 17.7 Å². The van der Waals surface area contributed by atoms with Gasteiger partial charge in [0.15, 0.2) is 5.76 Å². The van der Waals surface area contributed by atoms with Crippen LogP contribution in [0.5, 0.6) is 0 Å². The van der Waals surface area contributed by atoms with Gasteiger partial charge in [-0.2, -0.15) is 0 Å². The molecule has 19 heavy (non-hydrogen) atoms. The third-order valence-corrected chi connectivity index (χ3v) is 2.18. The largest absolute Gasteiger partial charge is 0.462 e. The standard InChI is InChI=1S/C14H14O5/c1-4-18-14(17)12-7-5-11(6-8-12)13(16)9(2)19-10(3)15/h5-8H,2,4H2,1,3H3. The van der Waals surface area contributed by atoms with Crippen molar-refractivity contribution in [2.24, 2.45) is 0 Å². The molecule has 0 aliphatic heterocycles. The fourth-order valence-corrected chi connectivity index (χ4v) is 1.35. The molecule has 0 saturated carbocycles. The maximum absolute atomic E-state index is 11.8. The molecule has 0 amide bonds. The third kappa shape index (κ3) is 4.06. The zero-order chi connectivity index (χ0) is 14.4. The second-order valence-electron chi connectivity index (χ2n) is 3.64. The lowest BCUT2D eigenvalue weighted by atomic mass is 10.1. The van der Waals surface area contributed by atoms with Gasteiger partial charge in [-0.05, 0) is 19.1 Å². The summed E-state index contributed by atoms with van der Waals surface area (Å²) in [6.07, 6.45) is 0. The van der Waals surface area contributed by atoms with Gasteiger partial charge in [-0.15, -0.1) is 0 Å². The van der Waals surface area contributed by atoms with E-state index >= 15 is 0 Å². The Morgan fingerprint density at radius 2 is 1.63 bits per heavy atom. The van der Waals surface area contributed by atoms with E-state index in [-0.39, 0.29) is 17.9 Å². The van der Waals surface area contributed by atoms with Gasteiger partial charge in [-0.1, -0.05) is 18.7 Å². The molecule has 0 heterocycles. The molecule has 0 unspecified atom stereocenters. The summed E-state index contributed by atoms with van der Waals surface area (Å²) < 4.78 is 9.43. The van der Waals surface area contributed by atoms with Gasteiger partial charge in [0.25, 0.3) is 0 Å². The fraction of sp³-hybridized carbons (Fsp3) is 0.214. The summed E-state index contributed by atoms with van der Waals surface area (Å²) in [7, 11) is 0. The Balaban J connectivity index is 2.81. The van der Waals surface area contributed by atoms with E-state index in [0.29, 0.717) is 5.56 Å². The molecular formula is C14H14O5. The highest BCUT2D eigenvalue weighted by Crippen LogP contribution is 2.11. The Hall–Kier alpha value is -2.43. The van der Waals surface area contributed by atoms with Crippen molar-refractivity contribution in [1.82, 2.24) is 0 Å². The highest BCUT2D eigenvalue weighted by atomic mass is 16.5. The minimum atomic E-state index is -0.610. The Labute approximate surface area is 110 Å². The van der Waals surface area contributed by atoms with E-state index in [0.717, 1.165) is 0 Å². The predicted octanol–water partition coefficient (Wildman–Crippen LogP) is 2.12. The average molecular weight is 262 g/mol. The number of carbonyl (C=O) groups excluding carboxylic acids is 3. The zero-order valence-corrected chi connectivity index (χ0v) is 10.8. The van der Waals surface area contributed by atoms with Crippen molar-refractivity contribution in [2.75, 3.05) is 6.61 Å². The third-order valence-electron chi connectivity index (χ3n) is 2.18. The monoisotopic (exact) mass is 262 g/mol. The van der Waals surface area contributed by atoms with Crippen molar-refractivity contribution in [2.45, 2.75) is 13.8 Å². The van der Waals surface area contributed by atoms with Crippen LogP contribution < -0.4 is 0 Å². The number of ether oxygens (including phenoxy) is 2. The van der Waals surface area contributed by atoms with Gasteiger partial charge < -0.3 is 9.47 Å². The molecule has 5 nitrogen and oxygen atoms in total. The van der Waals surface area contributed by atoms with Crippen LogP contribution in [0.4, 0.5) is 0 Å². The molecule has 0 N–H and O–H groups in total. The number of allylic oxidation sites excluding steroid dienone is 1. The van der Waals surface area contributed by atoms with Crippen LogP contribution >= 0.6 is 0 Å². The fourth-order valence-electron chi connectivity index (χ4n) is 1.35. The summed E-state index contributed by atoms with van der Waals surface area (Å²) in [5, 5.41) is 0. The minimum Gasteiger partial charge on any atom is -0.462 e. The summed E-state index contributed by atoms with van der Waals surface area (Å²) in [5.74, 6) is -1.83. The molecule has 5 heteroatoms. The number of ketones is 1. The smallest absolute Gasteiger partial charge is 0.338 e. The molecule has 0 aliphatic carbocycles. The first kappa shape index (κ1) is 14.6. The van der Waals surface area contributed by atoms with E-state index in [1.807, 2.05) is 0 Å². The van der Waals surface area contributed by atoms with Gasteiger partial charge in [0.2, 0.25) is 5.78 Å². The summed E-state index contributed by atoms with van der Waals surface area (Å²) in [5.41, 5.74) is 0.621. The van der Waals surface area contributed by atoms with Crippen molar-refractivity contribution >= 4 is 17.7 Å². The topological polar surface area (TPSA) is 69.7 Å². The van der Waals surface area contributed by atoms with E-state index in [4.69, 9.17) is 4.74 Å². The number of esters is 2. The van der Waals surface area contributed by atoms with Gasteiger partial charge in [-0.25, -0.2) is 4.79 Å². The van der Waals surface area contributed by atoms with Crippen LogP contribution in [0.1, 0.15) is 34.6 Å².